The van der Waals surface area contributed by atoms with Crippen molar-refractivity contribution in [2.75, 3.05) is 7.05 Å². The molecule has 2 aromatic rings. The summed E-state index contributed by atoms with van der Waals surface area (Å²) < 4.78 is 0. The number of aromatic nitrogens is 2. The molecule has 0 saturated heterocycles. The number of carbonyl (C=O) groups excluding carboxylic acids is 1. The summed E-state index contributed by atoms with van der Waals surface area (Å²) in [6.45, 7) is 0. The SMILES string of the molecule is CNC(=O)CC(Sc1nc2ccccc2[nH]1)C(=O)O. The van der Waals surface area contributed by atoms with E-state index >= 15 is 0 Å². The Balaban J connectivity index is 2.16. The fourth-order valence-electron chi connectivity index (χ4n) is 1.57. The first-order valence-corrected chi connectivity index (χ1v) is 6.53. The smallest absolute Gasteiger partial charge is 0.317 e. The first kappa shape index (κ1) is 13.4. The topological polar surface area (TPSA) is 95.1 Å². The Morgan fingerprint density at radius 1 is 1.47 bits per heavy atom. The number of carboxylic acid groups (broad SMARTS) is 1. The van der Waals surface area contributed by atoms with E-state index in [9.17, 15) is 9.59 Å². The zero-order chi connectivity index (χ0) is 13.8. The average Bonchev–Trinajstić information content (AvgIpc) is 2.79. The Kier molecular flexibility index (Phi) is 4.06. The van der Waals surface area contributed by atoms with Crippen molar-refractivity contribution < 1.29 is 14.7 Å². The predicted molar refractivity (Wildman–Crippen MR) is 72.1 cm³/mol. The van der Waals surface area contributed by atoms with Gasteiger partial charge in [0.15, 0.2) is 5.16 Å². The van der Waals surface area contributed by atoms with Crippen molar-refractivity contribution in [2.45, 2.75) is 16.8 Å². The molecule has 0 aliphatic rings. The lowest BCUT2D eigenvalue weighted by atomic mass is 10.3. The Bertz CT molecular complexity index is 578. The Labute approximate surface area is 113 Å². The van der Waals surface area contributed by atoms with E-state index in [2.05, 4.69) is 15.3 Å². The molecule has 1 aromatic heterocycles. The molecule has 0 bridgehead atoms. The summed E-state index contributed by atoms with van der Waals surface area (Å²) in [6.07, 6.45) is -0.0897. The maximum atomic E-state index is 11.3. The van der Waals surface area contributed by atoms with Crippen LogP contribution < -0.4 is 5.32 Å². The van der Waals surface area contributed by atoms with Gasteiger partial charge in [-0.2, -0.15) is 0 Å². The van der Waals surface area contributed by atoms with Gasteiger partial charge in [-0.1, -0.05) is 23.9 Å². The number of rotatable bonds is 5. The number of hydrogen-bond donors (Lipinski definition) is 3. The van der Waals surface area contributed by atoms with E-state index in [0.717, 1.165) is 22.8 Å². The van der Waals surface area contributed by atoms with Crippen LogP contribution in [0.5, 0.6) is 0 Å². The summed E-state index contributed by atoms with van der Waals surface area (Å²) in [6, 6.07) is 7.43. The van der Waals surface area contributed by atoms with Gasteiger partial charge in [-0.25, -0.2) is 4.98 Å². The summed E-state index contributed by atoms with van der Waals surface area (Å²) in [5.74, 6) is -1.34. The van der Waals surface area contributed by atoms with Crippen LogP contribution >= 0.6 is 11.8 Å². The lowest BCUT2D eigenvalue weighted by Crippen LogP contribution is -2.27. The maximum Gasteiger partial charge on any atom is 0.317 e. The third-order valence-electron chi connectivity index (χ3n) is 2.55. The lowest BCUT2D eigenvalue weighted by Gasteiger charge is -2.08. The highest BCUT2D eigenvalue weighted by molar-refractivity contribution is 8.00. The van der Waals surface area contributed by atoms with Crippen LogP contribution in [0.1, 0.15) is 6.42 Å². The second kappa shape index (κ2) is 5.75. The number of hydrogen-bond acceptors (Lipinski definition) is 4. The number of fused-ring (bicyclic) bond motifs is 1. The van der Waals surface area contributed by atoms with Gasteiger partial charge >= 0.3 is 5.97 Å². The van der Waals surface area contributed by atoms with Crippen LogP contribution in [0.2, 0.25) is 0 Å². The summed E-state index contributed by atoms with van der Waals surface area (Å²) in [4.78, 5) is 29.7. The standard InChI is InChI=1S/C12H13N3O3S/c1-13-10(16)6-9(11(17)18)19-12-14-7-4-2-3-5-8(7)15-12/h2-5,9H,6H2,1H3,(H,13,16)(H,14,15)(H,17,18). The lowest BCUT2D eigenvalue weighted by molar-refractivity contribution is -0.138. The molecule has 1 unspecified atom stereocenters. The molecule has 6 nitrogen and oxygen atoms in total. The molecule has 0 radical (unpaired) electrons. The van der Waals surface area contributed by atoms with Gasteiger partial charge in [0.25, 0.3) is 0 Å². The number of thioether (sulfide) groups is 1. The number of benzene rings is 1. The van der Waals surface area contributed by atoms with Crippen LogP contribution in [-0.4, -0.2) is 39.2 Å². The zero-order valence-corrected chi connectivity index (χ0v) is 11.0. The highest BCUT2D eigenvalue weighted by atomic mass is 32.2. The van der Waals surface area contributed by atoms with Gasteiger partial charge in [0.1, 0.15) is 5.25 Å². The molecule has 100 valence electrons. The van der Waals surface area contributed by atoms with Gasteiger partial charge in [-0.3, -0.25) is 9.59 Å². The summed E-state index contributed by atoms with van der Waals surface area (Å²) in [5, 5.41) is 11.2. The normalized spacial score (nSPS) is 12.3. The fraction of sp³-hybridized carbons (Fsp3) is 0.250. The molecule has 0 spiro atoms. The number of amides is 1. The van der Waals surface area contributed by atoms with Crippen LogP contribution in [0.3, 0.4) is 0 Å². The molecule has 19 heavy (non-hydrogen) atoms. The second-order valence-corrected chi connectivity index (χ2v) is 5.07. The Morgan fingerprint density at radius 2 is 2.21 bits per heavy atom. The van der Waals surface area contributed by atoms with Gasteiger partial charge in [0.2, 0.25) is 5.91 Å². The molecule has 2 rings (SSSR count). The summed E-state index contributed by atoms with van der Waals surface area (Å²) in [7, 11) is 1.48. The number of nitrogens with zero attached hydrogens (tertiary/aromatic N) is 1. The summed E-state index contributed by atoms with van der Waals surface area (Å²) in [5.41, 5.74) is 1.61. The molecule has 0 fully saturated rings. The fourth-order valence-corrected chi connectivity index (χ4v) is 2.49. The van der Waals surface area contributed by atoms with E-state index in [1.165, 1.54) is 7.05 Å². The highest BCUT2D eigenvalue weighted by Crippen LogP contribution is 2.25. The third kappa shape index (κ3) is 3.25. The molecule has 0 saturated carbocycles. The number of carbonyl (C=O) groups is 2. The minimum Gasteiger partial charge on any atom is -0.480 e. The van der Waals surface area contributed by atoms with Crippen molar-refractivity contribution in [3.63, 3.8) is 0 Å². The minimum atomic E-state index is -1.03. The molecule has 0 aliphatic carbocycles. The highest BCUT2D eigenvalue weighted by Gasteiger charge is 2.23. The van der Waals surface area contributed by atoms with Crippen LogP contribution in [0.15, 0.2) is 29.4 Å². The quantitative estimate of drug-likeness (QED) is 0.716. The molecular formula is C12H13N3O3S. The van der Waals surface area contributed by atoms with E-state index < -0.39 is 11.2 Å². The Morgan fingerprint density at radius 3 is 2.84 bits per heavy atom. The van der Waals surface area contributed by atoms with Crippen molar-refractivity contribution in [3.05, 3.63) is 24.3 Å². The van der Waals surface area contributed by atoms with Crippen LogP contribution in [0.4, 0.5) is 0 Å². The number of aromatic amines is 1. The van der Waals surface area contributed by atoms with Gasteiger partial charge in [-0.05, 0) is 12.1 Å². The average molecular weight is 279 g/mol. The van der Waals surface area contributed by atoms with E-state index in [1.54, 1.807) is 0 Å². The number of aliphatic carboxylic acids is 1. The van der Waals surface area contributed by atoms with Crippen molar-refractivity contribution in [2.24, 2.45) is 0 Å². The third-order valence-corrected chi connectivity index (χ3v) is 3.62. The molecule has 1 amide bonds. The van der Waals surface area contributed by atoms with Gasteiger partial charge in [0, 0.05) is 13.5 Å². The van der Waals surface area contributed by atoms with Crippen LogP contribution in [0.25, 0.3) is 11.0 Å². The van der Waals surface area contributed by atoms with Crippen molar-refractivity contribution in [3.8, 4) is 0 Å². The van der Waals surface area contributed by atoms with Gasteiger partial charge < -0.3 is 15.4 Å². The van der Waals surface area contributed by atoms with E-state index in [4.69, 9.17) is 5.11 Å². The number of carboxylic acids is 1. The minimum absolute atomic E-state index is 0.0897. The van der Waals surface area contributed by atoms with E-state index in [-0.39, 0.29) is 12.3 Å². The summed E-state index contributed by atoms with van der Waals surface area (Å²) >= 11 is 1.04. The van der Waals surface area contributed by atoms with Crippen molar-refractivity contribution in [1.82, 2.24) is 15.3 Å². The molecule has 7 heteroatoms. The molecule has 1 heterocycles. The number of H-pyrrole nitrogens is 1. The zero-order valence-electron chi connectivity index (χ0n) is 10.2. The van der Waals surface area contributed by atoms with Crippen LogP contribution in [-0.2, 0) is 9.59 Å². The van der Waals surface area contributed by atoms with Crippen molar-refractivity contribution in [1.29, 1.82) is 0 Å². The molecule has 0 aliphatic heterocycles. The predicted octanol–water partition coefficient (Wildman–Crippen LogP) is 1.24. The second-order valence-electron chi connectivity index (χ2n) is 3.88. The number of nitrogens with one attached hydrogen (secondary N) is 2. The maximum absolute atomic E-state index is 11.3. The Hall–Kier alpha value is -2.02. The molecule has 3 N–H and O–H groups in total. The molecule has 1 atom stereocenters. The largest absolute Gasteiger partial charge is 0.480 e. The monoisotopic (exact) mass is 279 g/mol. The number of para-hydroxylation sites is 2. The molecule has 1 aromatic carbocycles. The van der Waals surface area contributed by atoms with E-state index in [0.29, 0.717) is 5.16 Å². The van der Waals surface area contributed by atoms with Gasteiger partial charge in [0.05, 0.1) is 11.0 Å². The molecular weight excluding hydrogens is 266 g/mol. The van der Waals surface area contributed by atoms with Crippen LogP contribution in [0, 0.1) is 0 Å². The number of imidazole rings is 1. The van der Waals surface area contributed by atoms with Gasteiger partial charge in [-0.15, -0.1) is 0 Å². The first-order chi connectivity index (χ1) is 9.10. The van der Waals surface area contributed by atoms with Crippen molar-refractivity contribution >= 4 is 34.7 Å². The first-order valence-electron chi connectivity index (χ1n) is 5.65. The van der Waals surface area contributed by atoms with E-state index in [1.807, 2.05) is 24.3 Å².